The second-order valence-corrected chi connectivity index (χ2v) is 6.80. The van der Waals surface area contributed by atoms with Crippen molar-refractivity contribution < 1.29 is 4.79 Å². The number of rotatable bonds is 6. The maximum atomic E-state index is 12.3. The molecule has 4 rings (SSSR count). The van der Waals surface area contributed by atoms with Crippen molar-refractivity contribution in [1.29, 1.82) is 0 Å². The number of H-pyrrole nitrogens is 1. The van der Waals surface area contributed by atoms with E-state index < -0.39 is 0 Å². The van der Waals surface area contributed by atoms with Gasteiger partial charge in [-0.25, -0.2) is 0 Å². The second-order valence-electron chi connectivity index (χ2n) is 6.37. The first-order chi connectivity index (χ1) is 13.7. The van der Waals surface area contributed by atoms with E-state index in [-0.39, 0.29) is 12.3 Å². The normalized spacial score (nSPS) is 10.8. The Hall–Kier alpha value is -3.38. The van der Waals surface area contributed by atoms with Crippen molar-refractivity contribution >= 4 is 40.0 Å². The first-order valence-electron chi connectivity index (χ1n) is 8.84. The molecule has 7 heteroatoms. The third kappa shape index (κ3) is 4.29. The Bertz CT molecular complexity index is 1090. The van der Waals surface area contributed by atoms with Gasteiger partial charge >= 0.3 is 0 Å². The van der Waals surface area contributed by atoms with Gasteiger partial charge in [-0.15, -0.1) is 10.2 Å². The number of fused-ring (bicyclic) bond motifs is 1. The first-order valence-corrected chi connectivity index (χ1v) is 9.22. The summed E-state index contributed by atoms with van der Waals surface area (Å²) in [6, 6.07) is 19.0. The zero-order valence-electron chi connectivity index (χ0n) is 14.9. The number of nitrogens with zero attached hydrogens (tertiary/aromatic N) is 2. The van der Waals surface area contributed by atoms with Crippen molar-refractivity contribution in [3.63, 3.8) is 0 Å². The van der Waals surface area contributed by atoms with Crippen LogP contribution in [0.4, 0.5) is 11.6 Å². The fourth-order valence-corrected chi connectivity index (χ4v) is 3.05. The lowest BCUT2D eigenvalue weighted by Gasteiger charge is -2.07. The molecule has 0 fully saturated rings. The number of carbonyl (C=O) groups is 1. The highest BCUT2D eigenvalue weighted by Gasteiger charge is 2.09. The topological polar surface area (TPSA) is 82.7 Å². The van der Waals surface area contributed by atoms with Crippen LogP contribution in [-0.4, -0.2) is 21.1 Å². The molecule has 28 heavy (non-hydrogen) atoms. The number of para-hydroxylation sites is 1. The molecule has 0 aliphatic rings. The predicted octanol–water partition coefficient (Wildman–Crippen LogP) is 4.40. The fourth-order valence-electron chi connectivity index (χ4n) is 2.93. The van der Waals surface area contributed by atoms with Gasteiger partial charge in [-0.1, -0.05) is 41.9 Å². The van der Waals surface area contributed by atoms with Crippen molar-refractivity contribution in [3.05, 3.63) is 83.0 Å². The Morgan fingerprint density at radius 1 is 0.964 bits per heavy atom. The monoisotopic (exact) mass is 391 g/mol. The number of aromatic nitrogens is 3. The highest BCUT2D eigenvalue weighted by atomic mass is 35.5. The summed E-state index contributed by atoms with van der Waals surface area (Å²) in [6.45, 7) is 0.609. The van der Waals surface area contributed by atoms with Crippen LogP contribution in [-0.2, 0) is 17.8 Å². The van der Waals surface area contributed by atoms with Crippen LogP contribution in [0.25, 0.3) is 10.9 Å². The van der Waals surface area contributed by atoms with E-state index in [1.54, 1.807) is 12.1 Å². The molecule has 0 atom stereocenters. The Morgan fingerprint density at radius 2 is 1.71 bits per heavy atom. The summed E-state index contributed by atoms with van der Waals surface area (Å²) in [6.07, 6.45) is 2.13. The molecule has 0 radical (unpaired) electrons. The van der Waals surface area contributed by atoms with Crippen LogP contribution >= 0.6 is 11.6 Å². The molecule has 2 aromatic heterocycles. The minimum absolute atomic E-state index is 0.138. The standard InChI is InChI=1S/C21H18ClN5O/c22-16-7-5-14(6-8-16)12-24-19-9-10-20(27-26-19)25-21(28)11-15-13-23-18-4-2-1-3-17(15)18/h1-10,13,23H,11-12H2,(H,24,26)(H,25,27,28). The lowest BCUT2D eigenvalue weighted by molar-refractivity contribution is -0.115. The zero-order valence-corrected chi connectivity index (χ0v) is 15.7. The molecule has 0 bridgehead atoms. The molecule has 0 saturated heterocycles. The van der Waals surface area contributed by atoms with E-state index in [9.17, 15) is 4.79 Å². The predicted molar refractivity (Wildman–Crippen MR) is 111 cm³/mol. The third-order valence-electron chi connectivity index (χ3n) is 4.34. The van der Waals surface area contributed by atoms with Gasteiger partial charge in [-0.2, -0.15) is 0 Å². The molecule has 2 heterocycles. The molecule has 2 aromatic carbocycles. The number of hydrogen-bond acceptors (Lipinski definition) is 4. The van der Waals surface area contributed by atoms with Crippen LogP contribution in [0.15, 0.2) is 66.9 Å². The lowest BCUT2D eigenvalue weighted by Crippen LogP contribution is -2.15. The van der Waals surface area contributed by atoms with Gasteiger partial charge in [0.15, 0.2) is 5.82 Å². The van der Waals surface area contributed by atoms with Crippen LogP contribution in [0.5, 0.6) is 0 Å². The lowest BCUT2D eigenvalue weighted by atomic mass is 10.1. The Labute approximate surface area is 167 Å². The van der Waals surface area contributed by atoms with Crippen LogP contribution in [0.2, 0.25) is 5.02 Å². The molecular formula is C21H18ClN5O. The molecule has 0 saturated carbocycles. The smallest absolute Gasteiger partial charge is 0.230 e. The fraction of sp³-hybridized carbons (Fsp3) is 0.0952. The number of amides is 1. The van der Waals surface area contributed by atoms with Gasteiger partial charge in [0.2, 0.25) is 5.91 Å². The molecule has 6 nitrogen and oxygen atoms in total. The Kier molecular flexibility index (Phi) is 5.21. The van der Waals surface area contributed by atoms with Gasteiger partial charge in [0, 0.05) is 28.7 Å². The maximum absolute atomic E-state index is 12.3. The van der Waals surface area contributed by atoms with E-state index in [0.717, 1.165) is 22.0 Å². The van der Waals surface area contributed by atoms with Crippen molar-refractivity contribution in [2.45, 2.75) is 13.0 Å². The van der Waals surface area contributed by atoms with E-state index >= 15 is 0 Å². The average molecular weight is 392 g/mol. The molecule has 3 N–H and O–H groups in total. The van der Waals surface area contributed by atoms with Crippen LogP contribution in [0.1, 0.15) is 11.1 Å². The van der Waals surface area contributed by atoms with Gasteiger partial charge < -0.3 is 15.6 Å². The average Bonchev–Trinajstić information content (AvgIpc) is 3.11. The maximum Gasteiger partial charge on any atom is 0.230 e. The third-order valence-corrected chi connectivity index (χ3v) is 4.60. The first kappa shape index (κ1) is 18.0. The SMILES string of the molecule is O=C(Cc1c[nH]c2ccccc12)Nc1ccc(NCc2ccc(Cl)cc2)nn1. The van der Waals surface area contributed by atoms with E-state index in [4.69, 9.17) is 11.6 Å². The van der Waals surface area contributed by atoms with Crippen molar-refractivity contribution in [2.24, 2.45) is 0 Å². The van der Waals surface area contributed by atoms with Gasteiger partial charge in [0.05, 0.1) is 6.42 Å². The number of benzene rings is 2. The summed E-state index contributed by atoms with van der Waals surface area (Å²) >= 11 is 5.88. The Balaban J connectivity index is 1.33. The summed E-state index contributed by atoms with van der Waals surface area (Å²) < 4.78 is 0. The number of carbonyl (C=O) groups excluding carboxylic acids is 1. The molecule has 140 valence electrons. The van der Waals surface area contributed by atoms with Crippen molar-refractivity contribution in [3.8, 4) is 0 Å². The highest BCUT2D eigenvalue weighted by Crippen LogP contribution is 2.18. The Morgan fingerprint density at radius 3 is 2.50 bits per heavy atom. The number of hydrogen-bond donors (Lipinski definition) is 3. The molecule has 0 spiro atoms. The van der Waals surface area contributed by atoms with Gasteiger partial charge in [-0.3, -0.25) is 4.79 Å². The number of anilines is 2. The molecule has 0 aliphatic carbocycles. The molecule has 0 unspecified atom stereocenters. The summed E-state index contributed by atoms with van der Waals surface area (Å²) in [5, 5.41) is 15.9. The van der Waals surface area contributed by atoms with E-state index in [0.29, 0.717) is 23.2 Å². The zero-order chi connectivity index (χ0) is 19.3. The minimum atomic E-state index is -0.138. The van der Waals surface area contributed by atoms with E-state index in [2.05, 4.69) is 25.8 Å². The van der Waals surface area contributed by atoms with E-state index in [1.807, 2.05) is 54.7 Å². The number of aromatic amines is 1. The summed E-state index contributed by atoms with van der Waals surface area (Å²) in [5.74, 6) is 0.910. The number of halogens is 1. The van der Waals surface area contributed by atoms with Gasteiger partial charge in [0.25, 0.3) is 0 Å². The summed E-state index contributed by atoms with van der Waals surface area (Å²) in [4.78, 5) is 15.5. The molecule has 0 aliphatic heterocycles. The largest absolute Gasteiger partial charge is 0.365 e. The molecule has 4 aromatic rings. The second kappa shape index (κ2) is 8.10. The van der Waals surface area contributed by atoms with Crippen LogP contribution in [0, 0.1) is 0 Å². The van der Waals surface area contributed by atoms with Crippen LogP contribution in [0.3, 0.4) is 0 Å². The summed E-state index contributed by atoms with van der Waals surface area (Å²) in [5.41, 5.74) is 3.05. The van der Waals surface area contributed by atoms with Gasteiger partial charge in [-0.05, 0) is 41.5 Å². The molecule has 1 amide bonds. The summed E-state index contributed by atoms with van der Waals surface area (Å²) in [7, 11) is 0. The number of nitrogens with one attached hydrogen (secondary N) is 3. The van der Waals surface area contributed by atoms with E-state index in [1.165, 1.54) is 0 Å². The van der Waals surface area contributed by atoms with Gasteiger partial charge in [0.1, 0.15) is 5.82 Å². The highest BCUT2D eigenvalue weighted by molar-refractivity contribution is 6.30. The van der Waals surface area contributed by atoms with Crippen molar-refractivity contribution in [2.75, 3.05) is 10.6 Å². The minimum Gasteiger partial charge on any atom is -0.365 e. The van der Waals surface area contributed by atoms with Crippen molar-refractivity contribution in [1.82, 2.24) is 15.2 Å². The quantitative estimate of drug-likeness (QED) is 0.454. The van der Waals surface area contributed by atoms with Crippen LogP contribution < -0.4 is 10.6 Å². The molecular weight excluding hydrogens is 374 g/mol.